The van der Waals surface area contributed by atoms with Gasteiger partial charge in [-0.15, -0.1) is 0 Å². The first-order valence-corrected chi connectivity index (χ1v) is 10.5. The van der Waals surface area contributed by atoms with Crippen molar-refractivity contribution in [1.29, 1.82) is 0 Å². The Kier molecular flexibility index (Phi) is 6.03. The normalized spacial score (nSPS) is 18.3. The van der Waals surface area contributed by atoms with Gasteiger partial charge in [0.15, 0.2) is 0 Å². The Morgan fingerprint density at radius 2 is 1.50 bits per heavy atom. The Hall–Kier alpha value is -1.64. The van der Waals surface area contributed by atoms with Crippen molar-refractivity contribution in [3.63, 3.8) is 0 Å². The lowest BCUT2D eigenvalue weighted by atomic mass is 9.91. The second-order valence-corrected chi connectivity index (χ2v) is 7.97. The van der Waals surface area contributed by atoms with E-state index in [4.69, 9.17) is 0 Å². The Bertz CT molecular complexity index is 697. The van der Waals surface area contributed by atoms with Crippen LogP contribution >= 0.6 is 0 Å². The predicted molar refractivity (Wildman–Crippen MR) is 110 cm³/mol. The average Bonchev–Trinajstić information content (AvgIpc) is 2.93. The van der Waals surface area contributed by atoms with Crippen LogP contribution in [0.4, 0.5) is 0 Å². The summed E-state index contributed by atoms with van der Waals surface area (Å²) in [7, 11) is 0. The maximum absolute atomic E-state index is 3.51. The largest absolute Gasteiger partial charge is 0.315 e. The molecule has 2 nitrogen and oxygen atoms in total. The number of hydrogen-bond acceptors (Lipinski definition) is 2. The quantitative estimate of drug-likeness (QED) is 0.904. The third-order valence-electron chi connectivity index (χ3n) is 6.03. The molecule has 2 heteroatoms. The van der Waals surface area contributed by atoms with Gasteiger partial charge in [-0.05, 0) is 92.4 Å². The molecule has 2 aromatic carbocycles. The molecule has 5 aliphatic rings. The first-order valence-electron chi connectivity index (χ1n) is 10.5. The lowest BCUT2D eigenvalue weighted by Crippen LogP contribution is -2.29. The molecule has 2 aromatic rings. The molecule has 1 heterocycles. The van der Waals surface area contributed by atoms with Gasteiger partial charge in [0.25, 0.3) is 0 Å². The fourth-order valence-corrected chi connectivity index (χ4v) is 4.37. The van der Waals surface area contributed by atoms with Crippen molar-refractivity contribution >= 4 is 0 Å². The van der Waals surface area contributed by atoms with Crippen LogP contribution in [0.5, 0.6) is 0 Å². The van der Waals surface area contributed by atoms with E-state index >= 15 is 0 Å². The second kappa shape index (κ2) is 8.83. The minimum Gasteiger partial charge on any atom is -0.315 e. The van der Waals surface area contributed by atoms with Gasteiger partial charge in [-0.3, -0.25) is 0 Å². The molecule has 1 fully saturated rings. The van der Waals surface area contributed by atoms with E-state index in [1.807, 2.05) is 0 Å². The molecule has 7 rings (SSSR count). The molecule has 1 saturated heterocycles. The maximum Gasteiger partial charge on any atom is 0.0107 e. The van der Waals surface area contributed by atoms with E-state index in [0.717, 1.165) is 25.8 Å². The number of rotatable bonds is 4. The minimum atomic E-state index is 1.15. The van der Waals surface area contributed by atoms with Crippen molar-refractivity contribution in [3.05, 3.63) is 70.3 Å². The van der Waals surface area contributed by atoms with Crippen LogP contribution in [0.1, 0.15) is 40.7 Å². The van der Waals surface area contributed by atoms with E-state index in [1.54, 1.807) is 11.1 Å². The van der Waals surface area contributed by atoms with E-state index < -0.39 is 0 Å². The van der Waals surface area contributed by atoms with Crippen molar-refractivity contribution in [1.82, 2.24) is 10.2 Å². The molecule has 1 N–H and O–H groups in total. The van der Waals surface area contributed by atoms with E-state index in [2.05, 4.69) is 52.7 Å². The molecule has 26 heavy (non-hydrogen) atoms. The molecule has 0 amide bonds. The van der Waals surface area contributed by atoms with Gasteiger partial charge in [-0.1, -0.05) is 42.5 Å². The molecule has 0 saturated carbocycles. The van der Waals surface area contributed by atoms with Crippen molar-refractivity contribution < 1.29 is 0 Å². The van der Waals surface area contributed by atoms with Gasteiger partial charge >= 0.3 is 0 Å². The molecule has 0 unspecified atom stereocenters. The topological polar surface area (TPSA) is 15.3 Å². The number of nitrogens with zero attached hydrogens (tertiary/aromatic N) is 1. The predicted octanol–water partition coefficient (Wildman–Crippen LogP) is 3.80. The maximum atomic E-state index is 3.51. The molecule has 1 aliphatic heterocycles. The van der Waals surface area contributed by atoms with Crippen LogP contribution in [0, 0.1) is 0 Å². The third-order valence-corrected chi connectivity index (χ3v) is 6.03. The molecular weight excluding hydrogens is 316 g/mol. The van der Waals surface area contributed by atoms with Crippen molar-refractivity contribution in [2.24, 2.45) is 0 Å². The Balaban J connectivity index is 1.42. The van der Waals surface area contributed by atoms with Gasteiger partial charge in [0.1, 0.15) is 0 Å². The first-order chi connectivity index (χ1) is 12.9. The molecule has 138 valence electrons. The standard InChI is InChI=1S/C24H32N2/c1(16-26-17-2-14-25-15-18-26)3-24-19-22-9-8-20-4-6-21(7-5-20)10-12-23(24)13-11-22/h4-7,11,13,19,25H,1-3,8-10,12,14-18H2. The van der Waals surface area contributed by atoms with Crippen LogP contribution in [-0.2, 0) is 32.1 Å². The highest BCUT2D eigenvalue weighted by Crippen LogP contribution is 2.20. The number of hydrogen-bond donors (Lipinski definition) is 1. The van der Waals surface area contributed by atoms with Crippen LogP contribution in [-0.4, -0.2) is 37.6 Å². The second-order valence-electron chi connectivity index (χ2n) is 7.97. The zero-order chi connectivity index (χ0) is 17.6. The van der Waals surface area contributed by atoms with Crippen LogP contribution < -0.4 is 5.32 Å². The van der Waals surface area contributed by atoms with E-state index in [0.29, 0.717) is 0 Å². The summed E-state index contributed by atoms with van der Waals surface area (Å²) in [6.07, 6.45) is 8.44. The van der Waals surface area contributed by atoms with Gasteiger partial charge in [0.05, 0.1) is 0 Å². The SMILES string of the molecule is c1cc2ccc1CCc1ccc(c(CCCN3CCCNCC3)c1)CC2. The minimum absolute atomic E-state index is 1.15. The zero-order valence-electron chi connectivity index (χ0n) is 16.0. The summed E-state index contributed by atoms with van der Waals surface area (Å²) in [6, 6.07) is 16.6. The van der Waals surface area contributed by atoms with Crippen molar-refractivity contribution in [2.45, 2.75) is 44.9 Å². The Labute approximate surface area is 158 Å². The van der Waals surface area contributed by atoms with Crippen LogP contribution in [0.2, 0.25) is 0 Å². The van der Waals surface area contributed by atoms with Gasteiger partial charge in [0, 0.05) is 13.1 Å². The van der Waals surface area contributed by atoms with E-state index in [-0.39, 0.29) is 0 Å². The number of benzene rings is 2. The van der Waals surface area contributed by atoms with Gasteiger partial charge in [-0.25, -0.2) is 0 Å². The highest BCUT2D eigenvalue weighted by atomic mass is 15.1. The van der Waals surface area contributed by atoms with Crippen molar-refractivity contribution in [3.8, 4) is 0 Å². The van der Waals surface area contributed by atoms with Gasteiger partial charge in [-0.2, -0.15) is 0 Å². The molecule has 0 spiro atoms. The summed E-state index contributed by atoms with van der Waals surface area (Å²) in [4.78, 5) is 2.64. The first kappa shape index (κ1) is 17.8. The summed E-state index contributed by atoms with van der Waals surface area (Å²) in [5, 5.41) is 3.51. The Morgan fingerprint density at radius 3 is 2.35 bits per heavy atom. The van der Waals surface area contributed by atoms with Crippen LogP contribution in [0.15, 0.2) is 42.5 Å². The lowest BCUT2D eigenvalue weighted by Gasteiger charge is -2.20. The molecule has 0 radical (unpaired) electrons. The zero-order valence-corrected chi connectivity index (χ0v) is 16.0. The summed E-state index contributed by atoms with van der Waals surface area (Å²) in [5.41, 5.74) is 7.62. The van der Waals surface area contributed by atoms with Crippen LogP contribution in [0.3, 0.4) is 0 Å². The molecule has 0 atom stereocenters. The summed E-state index contributed by atoms with van der Waals surface area (Å²) in [5.74, 6) is 0. The smallest absolute Gasteiger partial charge is 0.0107 e. The van der Waals surface area contributed by atoms with Gasteiger partial charge < -0.3 is 10.2 Å². The molecule has 4 aliphatic carbocycles. The third kappa shape index (κ3) is 4.75. The number of nitrogens with one attached hydrogen (secondary N) is 1. The highest BCUT2D eigenvalue weighted by Gasteiger charge is 2.11. The lowest BCUT2D eigenvalue weighted by molar-refractivity contribution is 0.289. The molecule has 4 bridgehead atoms. The van der Waals surface area contributed by atoms with Crippen LogP contribution in [0.25, 0.3) is 0 Å². The number of aryl methyl sites for hydroxylation is 5. The van der Waals surface area contributed by atoms with E-state index in [9.17, 15) is 0 Å². The summed E-state index contributed by atoms with van der Waals surface area (Å²) >= 11 is 0. The van der Waals surface area contributed by atoms with Gasteiger partial charge in [0.2, 0.25) is 0 Å². The van der Waals surface area contributed by atoms with Crippen molar-refractivity contribution in [2.75, 3.05) is 32.7 Å². The summed E-state index contributed by atoms with van der Waals surface area (Å²) in [6.45, 7) is 6.05. The monoisotopic (exact) mass is 348 g/mol. The molecular formula is C24H32N2. The van der Waals surface area contributed by atoms with E-state index in [1.165, 1.54) is 68.6 Å². The Morgan fingerprint density at radius 1 is 0.769 bits per heavy atom. The highest BCUT2D eigenvalue weighted by molar-refractivity contribution is 5.35. The fraction of sp³-hybridized carbons (Fsp3) is 0.500. The molecule has 0 aromatic heterocycles. The average molecular weight is 349 g/mol. The summed E-state index contributed by atoms with van der Waals surface area (Å²) < 4.78 is 0. The fourth-order valence-electron chi connectivity index (χ4n) is 4.37.